The van der Waals surface area contributed by atoms with Gasteiger partial charge in [0.05, 0.1) is 23.5 Å². The van der Waals surface area contributed by atoms with Crippen LogP contribution >= 0.6 is 0 Å². The van der Waals surface area contributed by atoms with E-state index in [4.69, 9.17) is 0 Å². The smallest absolute Gasteiger partial charge is 0.267 e. The monoisotopic (exact) mass is 480 g/mol. The van der Waals surface area contributed by atoms with E-state index in [9.17, 15) is 18.0 Å². The Kier molecular flexibility index (Phi) is 5.89. The molecule has 7 nitrogen and oxygen atoms in total. The first-order valence-corrected chi connectivity index (χ1v) is 11.1. The van der Waals surface area contributed by atoms with Crippen molar-refractivity contribution in [3.63, 3.8) is 0 Å². The first-order valence-electron chi connectivity index (χ1n) is 11.1. The second-order valence-electron chi connectivity index (χ2n) is 8.69. The molecular weight excluding hydrogens is 457 g/mol. The molecule has 3 N–H and O–H groups in total. The summed E-state index contributed by atoms with van der Waals surface area (Å²) in [4.78, 5) is 18.8. The Labute approximate surface area is 199 Å². The average Bonchev–Trinajstić information content (AvgIpc) is 3.22. The van der Waals surface area contributed by atoms with Crippen molar-refractivity contribution in [1.82, 2.24) is 20.1 Å². The van der Waals surface area contributed by atoms with Crippen molar-refractivity contribution in [2.75, 3.05) is 30.8 Å². The molecule has 2 aromatic heterocycles. The number of H-pyrrole nitrogens is 1. The van der Waals surface area contributed by atoms with Crippen LogP contribution in [0, 0.1) is 5.82 Å². The van der Waals surface area contributed by atoms with Gasteiger partial charge in [-0.2, -0.15) is 5.10 Å². The highest BCUT2D eigenvalue weighted by molar-refractivity contribution is 6.07. The van der Waals surface area contributed by atoms with Crippen LogP contribution in [0.2, 0.25) is 0 Å². The summed E-state index contributed by atoms with van der Waals surface area (Å²) in [6, 6.07) is 15.9. The topological polar surface area (TPSA) is 85.9 Å². The number of benzene rings is 2. The van der Waals surface area contributed by atoms with E-state index in [0.717, 1.165) is 0 Å². The lowest BCUT2D eigenvalue weighted by atomic mass is 9.86. The number of hydrogen-bond donors (Lipinski definition) is 3. The van der Waals surface area contributed by atoms with Crippen LogP contribution in [0.25, 0.3) is 11.0 Å². The predicted molar refractivity (Wildman–Crippen MR) is 128 cm³/mol. The highest BCUT2D eigenvalue weighted by Gasteiger charge is 2.44. The molecule has 1 saturated heterocycles. The van der Waals surface area contributed by atoms with Gasteiger partial charge in [-0.25, -0.2) is 18.2 Å². The van der Waals surface area contributed by atoms with Gasteiger partial charge >= 0.3 is 0 Å². The minimum Gasteiger partial charge on any atom is -0.338 e. The van der Waals surface area contributed by atoms with Crippen molar-refractivity contribution in [2.24, 2.45) is 0 Å². The molecule has 1 aliphatic rings. The Balaban J connectivity index is 1.29. The summed E-state index contributed by atoms with van der Waals surface area (Å²) < 4.78 is 42.8. The molecule has 35 heavy (non-hydrogen) atoms. The van der Waals surface area contributed by atoms with Crippen molar-refractivity contribution < 1.29 is 18.0 Å². The van der Waals surface area contributed by atoms with Crippen LogP contribution in [0.1, 0.15) is 28.3 Å². The van der Waals surface area contributed by atoms with E-state index >= 15 is 0 Å². The molecule has 1 amide bonds. The molecule has 0 aliphatic carbocycles. The van der Waals surface area contributed by atoms with Crippen molar-refractivity contribution in [1.29, 1.82) is 0 Å². The number of pyridine rings is 1. The fourth-order valence-electron chi connectivity index (χ4n) is 4.34. The van der Waals surface area contributed by atoms with Gasteiger partial charge in [-0.3, -0.25) is 9.89 Å². The summed E-state index contributed by atoms with van der Waals surface area (Å²) in [6.45, 7) is 0.317. The Morgan fingerprint density at radius 1 is 1.11 bits per heavy atom. The number of alkyl halides is 2. The minimum absolute atomic E-state index is 0.279. The number of piperidine rings is 1. The van der Waals surface area contributed by atoms with Gasteiger partial charge in [0, 0.05) is 5.56 Å². The number of fused-ring (bicyclic) bond motifs is 1. The number of carbonyl (C=O) groups excluding carboxylic acids is 1. The second-order valence-corrected chi connectivity index (χ2v) is 8.69. The van der Waals surface area contributed by atoms with E-state index in [2.05, 4.69) is 25.8 Å². The van der Waals surface area contributed by atoms with Crippen molar-refractivity contribution in [2.45, 2.75) is 18.3 Å². The molecule has 1 atom stereocenters. The molecule has 180 valence electrons. The first kappa shape index (κ1) is 22.9. The van der Waals surface area contributed by atoms with E-state index < -0.39 is 23.6 Å². The van der Waals surface area contributed by atoms with Gasteiger partial charge in [-0.15, -0.1) is 0 Å². The summed E-state index contributed by atoms with van der Waals surface area (Å²) in [7, 11) is 1.69. The van der Waals surface area contributed by atoms with Gasteiger partial charge in [-0.05, 0) is 62.0 Å². The standard InChI is InChI=1S/C25H23F3N6O/c1-34-13-12-18(25(27,28)14-34)15-6-8-16(9-7-15)24(35)31-23-17-10-11-21(30-22(17)32-33-23)29-20-5-3-2-4-19(20)26/h2-11,18H,12-14H2,1H3,(H3,29,30,31,32,33,35)/t18-/m1/s1. The number of amides is 1. The minimum atomic E-state index is -2.82. The zero-order valence-electron chi connectivity index (χ0n) is 18.9. The molecule has 10 heteroatoms. The Morgan fingerprint density at radius 2 is 1.89 bits per heavy atom. The third-order valence-corrected chi connectivity index (χ3v) is 6.16. The molecule has 5 rings (SSSR count). The van der Waals surface area contributed by atoms with Gasteiger partial charge in [0.25, 0.3) is 11.8 Å². The van der Waals surface area contributed by atoms with Crippen LogP contribution in [-0.4, -0.2) is 52.0 Å². The van der Waals surface area contributed by atoms with Gasteiger partial charge in [0.1, 0.15) is 11.6 Å². The van der Waals surface area contributed by atoms with Gasteiger partial charge in [0.15, 0.2) is 11.5 Å². The zero-order valence-corrected chi connectivity index (χ0v) is 18.9. The van der Waals surface area contributed by atoms with E-state index in [1.165, 1.54) is 6.07 Å². The number of rotatable bonds is 5. The largest absolute Gasteiger partial charge is 0.338 e. The summed E-state index contributed by atoms with van der Waals surface area (Å²) in [5.41, 5.74) is 1.53. The van der Waals surface area contributed by atoms with Crippen LogP contribution in [0.4, 0.5) is 30.5 Å². The maximum atomic E-state index is 14.5. The molecule has 0 saturated carbocycles. The van der Waals surface area contributed by atoms with Crippen LogP contribution in [0.3, 0.4) is 0 Å². The van der Waals surface area contributed by atoms with Crippen LogP contribution in [0.15, 0.2) is 60.7 Å². The maximum absolute atomic E-state index is 14.5. The lowest BCUT2D eigenvalue weighted by Gasteiger charge is -2.36. The fraction of sp³-hybridized carbons (Fsp3) is 0.240. The number of nitrogens with zero attached hydrogens (tertiary/aromatic N) is 3. The Bertz CT molecular complexity index is 1370. The van der Waals surface area contributed by atoms with E-state index in [0.29, 0.717) is 40.9 Å². The van der Waals surface area contributed by atoms with E-state index in [1.807, 2.05) is 0 Å². The zero-order chi connectivity index (χ0) is 24.6. The van der Waals surface area contributed by atoms with Crippen molar-refractivity contribution >= 4 is 34.3 Å². The molecule has 0 radical (unpaired) electrons. The molecule has 0 spiro atoms. The molecule has 3 heterocycles. The molecule has 0 bridgehead atoms. The Morgan fingerprint density at radius 3 is 2.63 bits per heavy atom. The number of likely N-dealkylation sites (tertiary alicyclic amines) is 1. The molecule has 2 aromatic carbocycles. The molecule has 0 unspecified atom stereocenters. The van der Waals surface area contributed by atoms with Crippen molar-refractivity contribution in [3.8, 4) is 0 Å². The number of carbonyl (C=O) groups is 1. The fourth-order valence-corrected chi connectivity index (χ4v) is 4.34. The van der Waals surface area contributed by atoms with E-state index in [1.54, 1.807) is 66.5 Å². The maximum Gasteiger partial charge on any atom is 0.267 e. The highest BCUT2D eigenvalue weighted by atomic mass is 19.3. The molecule has 1 fully saturated rings. The van der Waals surface area contributed by atoms with Gasteiger partial charge in [-0.1, -0.05) is 24.3 Å². The summed E-state index contributed by atoms with van der Waals surface area (Å²) >= 11 is 0. The number of nitrogens with one attached hydrogen (secondary N) is 3. The number of para-hydroxylation sites is 1. The lowest BCUT2D eigenvalue weighted by Crippen LogP contribution is -2.45. The number of aromatic nitrogens is 3. The van der Waals surface area contributed by atoms with Gasteiger partial charge in [0.2, 0.25) is 0 Å². The molecule has 4 aromatic rings. The second kappa shape index (κ2) is 9.03. The van der Waals surface area contributed by atoms with Crippen molar-refractivity contribution in [3.05, 3.63) is 77.6 Å². The number of hydrogen-bond acceptors (Lipinski definition) is 5. The third kappa shape index (κ3) is 4.69. The lowest BCUT2D eigenvalue weighted by molar-refractivity contribution is -0.0765. The highest BCUT2D eigenvalue weighted by Crippen LogP contribution is 2.39. The first-order chi connectivity index (χ1) is 16.8. The van der Waals surface area contributed by atoms with Crippen LogP contribution < -0.4 is 10.6 Å². The van der Waals surface area contributed by atoms with Gasteiger partial charge < -0.3 is 15.5 Å². The normalized spacial score (nSPS) is 17.9. The Hall–Kier alpha value is -3.92. The summed E-state index contributed by atoms with van der Waals surface area (Å²) in [5.74, 6) is -3.83. The number of anilines is 3. The quantitative estimate of drug-likeness (QED) is 0.368. The van der Waals surface area contributed by atoms with Crippen LogP contribution in [0.5, 0.6) is 0 Å². The van der Waals surface area contributed by atoms with Crippen LogP contribution in [-0.2, 0) is 0 Å². The summed E-state index contributed by atoms with van der Waals surface area (Å²) in [6.07, 6.45) is 0.356. The SMILES string of the molecule is CN1CC[C@H](c2ccc(C(=O)Nc3n[nH]c4nc(Nc5ccccc5F)ccc34)cc2)C(F)(F)C1. The molecular formula is C25H23F3N6O. The summed E-state index contributed by atoms with van der Waals surface area (Å²) in [5, 5.41) is 13.1. The number of halogens is 3. The number of aromatic amines is 1. The molecule has 1 aliphatic heterocycles. The predicted octanol–water partition coefficient (Wildman–Crippen LogP) is 5.15. The van der Waals surface area contributed by atoms with E-state index in [-0.39, 0.29) is 18.1 Å². The average molecular weight is 480 g/mol. The third-order valence-electron chi connectivity index (χ3n) is 6.16.